The molecule has 23 heavy (non-hydrogen) atoms. The first-order valence-electron chi connectivity index (χ1n) is 7.70. The Labute approximate surface area is 137 Å². The SMILES string of the molecule is CCC(=O)Nc1ccc(OC)cc1COc1ccc(C)cc1C. The summed E-state index contributed by atoms with van der Waals surface area (Å²) in [7, 11) is 1.62. The number of hydrogen-bond acceptors (Lipinski definition) is 3. The van der Waals surface area contributed by atoms with Gasteiger partial charge in [-0.1, -0.05) is 24.6 Å². The summed E-state index contributed by atoms with van der Waals surface area (Å²) in [5.41, 5.74) is 3.92. The fourth-order valence-electron chi connectivity index (χ4n) is 2.29. The molecule has 0 radical (unpaired) electrons. The molecule has 1 N–H and O–H groups in total. The number of nitrogens with one attached hydrogen (secondary N) is 1. The van der Waals surface area contributed by atoms with Crippen molar-refractivity contribution in [2.75, 3.05) is 12.4 Å². The van der Waals surface area contributed by atoms with Gasteiger partial charge >= 0.3 is 0 Å². The Morgan fingerprint density at radius 1 is 1.13 bits per heavy atom. The van der Waals surface area contributed by atoms with Gasteiger partial charge in [0.25, 0.3) is 0 Å². The first kappa shape index (κ1) is 16.9. The number of ether oxygens (including phenoxy) is 2. The van der Waals surface area contributed by atoms with E-state index in [0.29, 0.717) is 13.0 Å². The highest BCUT2D eigenvalue weighted by Gasteiger charge is 2.09. The summed E-state index contributed by atoms with van der Waals surface area (Å²) in [4.78, 5) is 11.7. The molecule has 0 fully saturated rings. The summed E-state index contributed by atoms with van der Waals surface area (Å²) in [6, 6.07) is 11.6. The molecule has 2 aromatic rings. The van der Waals surface area contributed by atoms with E-state index in [2.05, 4.69) is 18.3 Å². The summed E-state index contributed by atoms with van der Waals surface area (Å²) in [6.07, 6.45) is 0.434. The van der Waals surface area contributed by atoms with E-state index in [4.69, 9.17) is 9.47 Å². The summed E-state index contributed by atoms with van der Waals surface area (Å²) >= 11 is 0. The van der Waals surface area contributed by atoms with Crippen molar-refractivity contribution in [3.8, 4) is 11.5 Å². The standard InChI is InChI=1S/C19H23NO3/c1-5-19(21)20-17-8-7-16(22-4)11-15(17)12-23-18-9-6-13(2)10-14(18)3/h6-11H,5,12H2,1-4H3,(H,20,21). The maximum absolute atomic E-state index is 11.7. The number of aryl methyl sites for hydroxylation is 2. The predicted molar refractivity (Wildman–Crippen MR) is 92.2 cm³/mol. The fourth-order valence-corrected chi connectivity index (χ4v) is 2.29. The molecule has 122 valence electrons. The predicted octanol–water partition coefficient (Wildman–Crippen LogP) is 4.24. The molecule has 0 saturated carbocycles. The van der Waals surface area contributed by atoms with Crippen molar-refractivity contribution >= 4 is 11.6 Å². The van der Waals surface area contributed by atoms with Gasteiger partial charge in [0.05, 0.1) is 7.11 Å². The molecule has 0 atom stereocenters. The van der Waals surface area contributed by atoms with Gasteiger partial charge < -0.3 is 14.8 Å². The van der Waals surface area contributed by atoms with Gasteiger partial charge in [-0.05, 0) is 43.7 Å². The highest BCUT2D eigenvalue weighted by Crippen LogP contribution is 2.25. The minimum absolute atomic E-state index is 0.0251. The van der Waals surface area contributed by atoms with Gasteiger partial charge in [-0.25, -0.2) is 0 Å². The summed E-state index contributed by atoms with van der Waals surface area (Å²) < 4.78 is 11.2. The van der Waals surface area contributed by atoms with Crippen molar-refractivity contribution in [2.24, 2.45) is 0 Å². The van der Waals surface area contributed by atoms with Crippen LogP contribution in [0.2, 0.25) is 0 Å². The lowest BCUT2D eigenvalue weighted by atomic mass is 10.1. The first-order valence-corrected chi connectivity index (χ1v) is 7.70. The number of carbonyl (C=O) groups excluding carboxylic acids is 1. The van der Waals surface area contributed by atoms with E-state index in [1.165, 1.54) is 5.56 Å². The second kappa shape index (κ2) is 7.68. The Hall–Kier alpha value is -2.49. The zero-order valence-corrected chi connectivity index (χ0v) is 14.1. The van der Waals surface area contributed by atoms with Crippen molar-refractivity contribution < 1.29 is 14.3 Å². The van der Waals surface area contributed by atoms with E-state index in [9.17, 15) is 4.79 Å². The van der Waals surface area contributed by atoms with E-state index < -0.39 is 0 Å². The van der Waals surface area contributed by atoms with Gasteiger partial charge in [-0.3, -0.25) is 4.79 Å². The largest absolute Gasteiger partial charge is 0.497 e. The second-order valence-electron chi connectivity index (χ2n) is 5.48. The molecular weight excluding hydrogens is 290 g/mol. The van der Waals surface area contributed by atoms with Gasteiger partial charge in [0, 0.05) is 17.7 Å². The molecule has 0 aromatic heterocycles. The number of amides is 1. The zero-order valence-electron chi connectivity index (χ0n) is 14.1. The molecule has 0 aliphatic heterocycles. The van der Waals surface area contributed by atoms with Gasteiger partial charge in [-0.15, -0.1) is 0 Å². The average Bonchev–Trinajstić information content (AvgIpc) is 2.55. The van der Waals surface area contributed by atoms with Crippen molar-refractivity contribution in [1.82, 2.24) is 0 Å². The number of rotatable bonds is 6. The van der Waals surface area contributed by atoms with Crippen LogP contribution < -0.4 is 14.8 Å². The van der Waals surface area contributed by atoms with Crippen molar-refractivity contribution in [3.05, 3.63) is 53.1 Å². The highest BCUT2D eigenvalue weighted by molar-refractivity contribution is 5.91. The Balaban J connectivity index is 2.20. The smallest absolute Gasteiger partial charge is 0.224 e. The molecule has 0 unspecified atom stereocenters. The van der Waals surface area contributed by atoms with Crippen LogP contribution >= 0.6 is 0 Å². The average molecular weight is 313 g/mol. The molecule has 0 saturated heterocycles. The third-order valence-corrected chi connectivity index (χ3v) is 3.62. The minimum atomic E-state index is -0.0251. The summed E-state index contributed by atoms with van der Waals surface area (Å²) in [5, 5.41) is 2.90. The first-order chi connectivity index (χ1) is 11.0. The second-order valence-corrected chi connectivity index (χ2v) is 5.48. The van der Waals surface area contributed by atoms with Crippen LogP contribution in [0, 0.1) is 13.8 Å². The van der Waals surface area contributed by atoms with Crippen LogP contribution in [0.4, 0.5) is 5.69 Å². The van der Waals surface area contributed by atoms with Crippen LogP contribution in [0.25, 0.3) is 0 Å². The monoisotopic (exact) mass is 313 g/mol. The maximum Gasteiger partial charge on any atom is 0.224 e. The van der Waals surface area contributed by atoms with Gasteiger partial charge in [0.2, 0.25) is 5.91 Å². The molecular formula is C19H23NO3. The molecule has 2 aromatic carbocycles. The van der Waals surface area contributed by atoms with Crippen molar-refractivity contribution in [1.29, 1.82) is 0 Å². The van der Waals surface area contributed by atoms with E-state index in [1.807, 2.05) is 44.2 Å². The Kier molecular flexibility index (Phi) is 5.63. The van der Waals surface area contributed by atoms with Gasteiger partial charge in [0.15, 0.2) is 0 Å². The quantitative estimate of drug-likeness (QED) is 0.867. The van der Waals surface area contributed by atoms with Crippen LogP contribution in [0.5, 0.6) is 11.5 Å². The zero-order chi connectivity index (χ0) is 16.8. The number of hydrogen-bond donors (Lipinski definition) is 1. The Bertz CT molecular complexity index is 695. The maximum atomic E-state index is 11.7. The number of anilines is 1. The highest BCUT2D eigenvalue weighted by atomic mass is 16.5. The van der Waals surface area contributed by atoms with Crippen LogP contribution in [0.3, 0.4) is 0 Å². The molecule has 0 bridgehead atoms. The molecule has 0 heterocycles. The van der Waals surface area contributed by atoms with Crippen LogP contribution in [0.1, 0.15) is 30.0 Å². The third-order valence-electron chi connectivity index (χ3n) is 3.62. The van der Waals surface area contributed by atoms with E-state index in [1.54, 1.807) is 7.11 Å². The molecule has 2 rings (SSSR count). The van der Waals surface area contributed by atoms with E-state index in [0.717, 1.165) is 28.3 Å². The molecule has 0 aliphatic carbocycles. The van der Waals surface area contributed by atoms with Crippen molar-refractivity contribution in [2.45, 2.75) is 33.8 Å². The lowest BCUT2D eigenvalue weighted by molar-refractivity contribution is -0.115. The van der Waals surface area contributed by atoms with E-state index in [-0.39, 0.29) is 5.91 Å². The molecule has 0 spiro atoms. The topological polar surface area (TPSA) is 47.6 Å². The third kappa shape index (κ3) is 4.49. The lowest BCUT2D eigenvalue weighted by Gasteiger charge is -2.14. The normalized spacial score (nSPS) is 10.3. The Morgan fingerprint density at radius 2 is 1.91 bits per heavy atom. The molecule has 0 aliphatic rings. The van der Waals surface area contributed by atoms with Crippen LogP contribution in [-0.2, 0) is 11.4 Å². The molecule has 4 heteroatoms. The number of methoxy groups -OCH3 is 1. The summed E-state index contributed by atoms with van der Waals surface area (Å²) in [5.74, 6) is 1.55. The Morgan fingerprint density at radius 3 is 2.57 bits per heavy atom. The molecule has 1 amide bonds. The van der Waals surface area contributed by atoms with Gasteiger partial charge in [-0.2, -0.15) is 0 Å². The van der Waals surface area contributed by atoms with Crippen LogP contribution in [0.15, 0.2) is 36.4 Å². The fraction of sp³-hybridized carbons (Fsp3) is 0.316. The van der Waals surface area contributed by atoms with Crippen molar-refractivity contribution in [3.63, 3.8) is 0 Å². The van der Waals surface area contributed by atoms with E-state index >= 15 is 0 Å². The molecule has 4 nitrogen and oxygen atoms in total. The van der Waals surface area contributed by atoms with Gasteiger partial charge in [0.1, 0.15) is 18.1 Å². The van der Waals surface area contributed by atoms with Crippen LogP contribution in [-0.4, -0.2) is 13.0 Å². The number of benzene rings is 2. The minimum Gasteiger partial charge on any atom is -0.497 e. The number of carbonyl (C=O) groups is 1. The lowest BCUT2D eigenvalue weighted by Crippen LogP contribution is -2.12. The summed E-state index contributed by atoms with van der Waals surface area (Å²) in [6.45, 7) is 6.26.